The SMILES string of the molecule is CCC(NC(=O)c1c(C)cc(C)[nH]c1=O)c1cc(C)ccn1. The van der Waals surface area contributed by atoms with Crippen LogP contribution in [0.5, 0.6) is 0 Å². The molecule has 0 bridgehead atoms. The molecule has 1 unspecified atom stereocenters. The zero-order chi connectivity index (χ0) is 16.3. The molecule has 2 aromatic rings. The van der Waals surface area contributed by atoms with E-state index in [0.29, 0.717) is 12.0 Å². The summed E-state index contributed by atoms with van der Waals surface area (Å²) in [6.07, 6.45) is 2.43. The van der Waals surface area contributed by atoms with E-state index in [4.69, 9.17) is 0 Å². The number of carbonyl (C=O) groups excluding carboxylic acids is 1. The Morgan fingerprint density at radius 2 is 2.05 bits per heavy atom. The first-order valence-corrected chi connectivity index (χ1v) is 7.36. The van der Waals surface area contributed by atoms with Gasteiger partial charge in [-0.25, -0.2) is 0 Å². The molecule has 5 heteroatoms. The molecule has 0 aliphatic carbocycles. The molecule has 2 N–H and O–H groups in total. The smallest absolute Gasteiger partial charge is 0.261 e. The number of aryl methyl sites for hydroxylation is 3. The summed E-state index contributed by atoms with van der Waals surface area (Å²) in [4.78, 5) is 31.5. The molecule has 1 amide bonds. The highest BCUT2D eigenvalue weighted by molar-refractivity contribution is 5.95. The molecule has 0 aliphatic heterocycles. The van der Waals surface area contributed by atoms with Gasteiger partial charge in [-0.15, -0.1) is 0 Å². The number of aromatic nitrogens is 2. The minimum Gasteiger partial charge on any atom is -0.343 e. The standard InChI is InChI=1S/C17H21N3O2/c1-5-13(14-8-10(2)6-7-18-14)20-17(22)15-11(3)9-12(4)19-16(15)21/h6-9,13H,5H2,1-4H3,(H,19,21)(H,20,22). The number of rotatable bonds is 4. The average Bonchev–Trinajstić information content (AvgIpc) is 2.43. The number of pyridine rings is 2. The summed E-state index contributed by atoms with van der Waals surface area (Å²) in [6.45, 7) is 7.51. The Bertz CT molecular complexity index is 750. The van der Waals surface area contributed by atoms with Gasteiger partial charge in [0.2, 0.25) is 0 Å². The van der Waals surface area contributed by atoms with Gasteiger partial charge in [-0.2, -0.15) is 0 Å². The van der Waals surface area contributed by atoms with Gasteiger partial charge in [-0.05, 0) is 56.5 Å². The van der Waals surface area contributed by atoms with Gasteiger partial charge in [0, 0.05) is 11.9 Å². The minimum absolute atomic E-state index is 0.164. The first-order valence-electron chi connectivity index (χ1n) is 7.36. The Morgan fingerprint density at radius 3 is 2.64 bits per heavy atom. The minimum atomic E-state index is -0.367. The van der Waals surface area contributed by atoms with Crippen LogP contribution in [0.15, 0.2) is 29.2 Å². The normalized spacial score (nSPS) is 12.0. The molecule has 1 atom stereocenters. The maximum absolute atomic E-state index is 12.5. The summed E-state index contributed by atoms with van der Waals surface area (Å²) in [7, 11) is 0. The van der Waals surface area contributed by atoms with Crippen LogP contribution in [-0.4, -0.2) is 15.9 Å². The Hall–Kier alpha value is -2.43. The van der Waals surface area contributed by atoms with Crippen molar-refractivity contribution in [1.29, 1.82) is 0 Å². The third-order valence-corrected chi connectivity index (χ3v) is 3.60. The Morgan fingerprint density at radius 1 is 1.32 bits per heavy atom. The lowest BCUT2D eigenvalue weighted by Crippen LogP contribution is -2.34. The lowest BCUT2D eigenvalue weighted by atomic mass is 10.1. The van der Waals surface area contributed by atoms with Gasteiger partial charge in [-0.1, -0.05) is 6.92 Å². The predicted octanol–water partition coefficient (Wildman–Crippen LogP) is 2.58. The molecule has 5 nitrogen and oxygen atoms in total. The summed E-state index contributed by atoms with van der Waals surface area (Å²) in [5, 5.41) is 2.91. The van der Waals surface area contributed by atoms with Crippen molar-refractivity contribution >= 4 is 5.91 Å². The Balaban J connectivity index is 2.29. The maximum Gasteiger partial charge on any atom is 0.261 e. The highest BCUT2D eigenvalue weighted by atomic mass is 16.2. The van der Waals surface area contributed by atoms with Crippen molar-refractivity contribution in [1.82, 2.24) is 15.3 Å². The fourth-order valence-corrected chi connectivity index (χ4v) is 2.50. The number of H-pyrrole nitrogens is 1. The molecule has 0 saturated heterocycles. The number of hydrogen-bond acceptors (Lipinski definition) is 3. The highest BCUT2D eigenvalue weighted by Crippen LogP contribution is 2.16. The van der Waals surface area contributed by atoms with E-state index in [1.165, 1.54) is 0 Å². The fraction of sp³-hybridized carbons (Fsp3) is 0.353. The topological polar surface area (TPSA) is 74.8 Å². The van der Waals surface area contributed by atoms with E-state index in [9.17, 15) is 9.59 Å². The zero-order valence-corrected chi connectivity index (χ0v) is 13.4. The average molecular weight is 299 g/mol. The van der Waals surface area contributed by atoms with Gasteiger partial charge >= 0.3 is 0 Å². The Kier molecular flexibility index (Phi) is 4.75. The van der Waals surface area contributed by atoms with E-state index >= 15 is 0 Å². The molecule has 2 aromatic heterocycles. The third kappa shape index (κ3) is 3.42. The number of hydrogen-bond donors (Lipinski definition) is 2. The molecule has 0 radical (unpaired) electrons. The van der Waals surface area contributed by atoms with Crippen LogP contribution in [0, 0.1) is 20.8 Å². The molecule has 2 heterocycles. The highest BCUT2D eigenvalue weighted by Gasteiger charge is 2.19. The van der Waals surface area contributed by atoms with Crippen molar-refractivity contribution in [3.63, 3.8) is 0 Å². The first kappa shape index (κ1) is 15.9. The van der Waals surface area contributed by atoms with Crippen LogP contribution in [0.25, 0.3) is 0 Å². The van der Waals surface area contributed by atoms with E-state index in [1.807, 2.05) is 26.0 Å². The lowest BCUT2D eigenvalue weighted by Gasteiger charge is -2.17. The third-order valence-electron chi connectivity index (χ3n) is 3.60. The van der Waals surface area contributed by atoms with Gasteiger partial charge in [0.1, 0.15) is 5.56 Å². The van der Waals surface area contributed by atoms with Gasteiger partial charge in [-0.3, -0.25) is 14.6 Å². The van der Waals surface area contributed by atoms with Crippen molar-refractivity contribution in [3.05, 3.63) is 62.8 Å². The van der Waals surface area contributed by atoms with Crippen LogP contribution >= 0.6 is 0 Å². The van der Waals surface area contributed by atoms with Crippen LogP contribution in [0.3, 0.4) is 0 Å². The van der Waals surface area contributed by atoms with Crippen molar-refractivity contribution in [2.75, 3.05) is 0 Å². The van der Waals surface area contributed by atoms with E-state index in [2.05, 4.69) is 15.3 Å². The molecule has 0 aliphatic rings. The molecule has 22 heavy (non-hydrogen) atoms. The molecule has 0 aromatic carbocycles. The number of nitrogens with zero attached hydrogens (tertiary/aromatic N) is 1. The molecule has 0 spiro atoms. The van der Waals surface area contributed by atoms with Crippen molar-refractivity contribution in [2.45, 2.75) is 40.2 Å². The number of amides is 1. The molecular formula is C17H21N3O2. The largest absolute Gasteiger partial charge is 0.343 e. The molecule has 2 rings (SSSR count). The van der Waals surface area contributed by atoms with Crippen LogP contribution < -0.4 is 10.9 Å². The van der Waals surface area contributed by atoms with Gasteiger partial charge in [0.05, 0.1) is 11.7 Å². The molecular weight excluding hydrogens is 278 g/mol. The second kappa shape index (κ2) is 6.56. The fourth-order valence-electron chi connectivity index (χ4n) is 2.50. The predicted molar refractivity (Wildman–Crippen MR) is 86.0 cm³/mol. The number of carbonyl (C=O) groups is 1. The summed E-state index contributed by atoms with van der Waals surface area (Å²) < 4.78 is 0. The van der Waals surface area contributed by atoms with Crippen molar-refractivity contribution < 1.29 is 4.79 Å². The maximum atomic E-state index is 12.5. The van der Waals surface area contributed by atoms with E-state index in [0.717, 1.165) is 17.0 Å². The summed E-state index contributed by atoms with van der Waals surface area (Å²) in [6, 6.07) is 5.43. The zero-order valence-electron chi connectivity index (χ0n) is 13.4. The van der Waals surface area contributed by atoms with Crippen LogP contribution in [0.2, 0.25) is 0 Å². The number of aromatic amines is 1. The van der Waals surface area contributed by atoms with Gasteiger partial charge in [0.25, 0.3) is 11.5 Å². The summed E-state index contributed by atoms with van der Waals surface area (Å²) in [5.74, 6) is -0.367. The van der Waals surface area contributed by atoms with Crippen LogP contribution in [0.4, 0.5) is 0 Å². The molecule has 0 saturated carbocycles. The first-order chi connectivity index (χ1) is 10.4. The van der Waals surface area contributed by atoms with Crippen LogP contribution in [0.1, 0.15) is 52.3 Å². The molecule has 0 fully saturated rings. The monoisotopic (exact) mass is 299 g/mol. The second-order valence-electron chi connectivity index (χ2n) is 5.53. The van der Waals surface area contributed by atoms with E-state index in [-0.39, 0.29) is 23.1 Å². The number of nitrogens with one attached hydrogen (secondary N) is 2. The Labute approximate surface area is 129 Å². The quantitative estimate of drug-likeness (QED) is 0.911. The van der Waals surface area contributed by atoms with Gasteiger partial charge in [0.15, 0.2) is 0 Å². The second-order valence-corrected chi connectivity index (χ2v) is 5.53. The van der Waals surface area contributed by atoms with E-state index < -0.39 is 0 Å². The van der Waals surface area contributed by atoms with Crippen molar-refractivity contribution in [3.8, 4) is 0 Å². The lowest BCUT2D eigenvalue weighted by molar-refractivity contribution is 0.0932. The van der Waals surface area contributed by atoms with Crippen molar-refractivity contribution in [2.24, 2.45) is 0 Å². The summed E-state index contributed by atoms with van der Waals surface area (Å²) in [5.41, 5.74) is 3.11. The van der Waals surface area contributed by atoms with Gasteiger partial charge < -0.3 is 10.3 Å². The van der Waals surface area contributed by atoms with E-state index in [1.54, 1.807) is 26.1 Å². The molecule has 116 valence electrons. The van der Waals surface area contributed by atoms with Crippen LogP contribution in [-0.2, 0) is 0 Å². The summed E-state index contributed by atoms with van der Waals surface area (Å²) >= 11 is 0.